The number of hydrogen-bond acceptors (Lipinski definition) is 2. The van der Waals surface area contributed by atoms with E-state index in [-0.39, 0.29) is 17.4 Å². The van der Waals surface area contributed by atoms with Crippen LogP contribution in [0.4, 0.5) is 0 Å². The summed E-state index contributed by atoms with van der Waals surface area (Å²) in [6.07, 6.45) is 6.87. The van der Waals surface area contributed by atoms with Crippen molar-refractivity contribution in [3.63, 3.8) is 0 Å². The molecule has 0 bridgehead atoms. The van der Waals surface area contributed by atoms with Gasteiger partial charge in [0.15, 0.2) is 0 Å². The predicted molar refractivity (Wildman–Crippen MR) is 95.3 cm³/mol. The van der Waals surface area contributed by atoms with Gasteiger partial charge in [0.2, 0.25) is 5.91 Å². The lowest BCUT2D eigenvalue weighted by Crippen LogP contribution is -2.56. The van der Waals surface area contributed by atoms with E-state index in [4.69, 9.17) is 11.6 Å². The van der Waals surface area contributed by atoms with Gasteiger partial charge in [-0.3, -0.25) is 9.59 Å². The molecule has 0 atom stereocenters. The first-order valence-corrected chi connectivity index (χ1v) is 8.71. The van der Waals surface area contributed by atoms with Gasteiger partial charge in [-0.15, -0.1) is 0 Å². The Bertz CT molecular complexity index is 763. The standard InChI is InChI=1S/C18H22ClN3O2/c1-12(23)22-18(8-3-2-4-9-18)11-21-17(24)14-5-6-15-13(16(14)19)7-10-20-15/h5-7,10,20H,2-4,8-9,11H2,1H3,(H,21,24)(H,22,23). The molecule has 5 nitrogen and oxygen atoms in total. The number of aromatic amines is 1. The molecule has 0 aliphatic heterocycles. The lowest BCUT2D eigenvalue weighted by atomic mass is 9.81. The molecule has 2 amide bonds. The molecule has 0 unspecified atom stereocenters. The van der Waals surface area contributed by atoms with Crippen molar-refractivity contribution in [2.75, 3.05) is 6.54 Å². The van der Waals surface area contributed by atoms with Gasteiger partial charge in [0, 0.05) is 30.6 Å². The van der Waals surface area contributed by atoms with E-state index in [9.17, 15) is 9.59 Å². The summed E-state index contributed by atoms with van der Waals surface area (Å²) in [5.74, 6) is -0.267. The highest BCUT2D eigenvalue weighted by Crippen LogP contribution is 2.29. The Morgan fingerprint density at radius 3 is 2.67 bits per heavy atom. The fourth-order valence-corrected chi connectivity index (χ4v) is 3.88. The topological polar surface area (TPSA) is 74.0 Å². The summed E-state index contributed by atoms with van der Waals surface area (Å²) in [5, 5.41) is 7.29. The van der Waals surface area contributed by atoms with E-state index in [0.29, 0.717) is 17.1 Å². The van der Waals surface area contributed by atoms with E-state index in [1.54, 1.807) is 12.3 Å². The van der Waals surface area contributed by atoms with Gasteiger partial charge in [0.05, 0.1) is 16.1 Å². The average Bonchev–Trinajstić information content (AvgIpc) is 3.03. The third-order valence-electron chi connectivity index (χ3n) is 4.75. The number of aromatic nitrogens is 1. The van der Waals surface area contributed by atoms with Crippen LogP contribution in [0.2, 0.25) is 5.02 Å². The van der Waals surface area contributed by atoms with E-state index in [0.717, 1.165) is 36.6 Å². The quantitative estimate of drug-likeness (QED) is 0.793. The fraction of sp³-hybridized carbons (Fsp3) is 0.444. The number of rotatable bonds is 4. The summed E-state index contributed by atoms with van der Waals surface area (Å²) < 4.78 is 0. The van der Waals surface area contributed by atoms with Gasteiger partial charge in [-0.25, -0.2) is 0 Å². The third-order valence-corrected chi connectivity index (χ3v) is 5.16. The molecule has 0 spiro atoms. The summed E-state index contributed by atoms with van der Waals surface area (Å²) in [7, 11) is 0. The number of H-pyrrole nitrogens is 1. The zero-order valence-corrected chi connectivity index (χ0v) is 14.5. The second kappa shape index (κ2) is 6.85. The monoisotopic (exact) mass is 347 g/mol. The Labute approximate surface area is 146 Å². The van der Waals surface area contributed by atoms with Crippen LogP contribution in [0.3, 0.4) is 0 Å². The van der Waals surface area contributed by atoms with Crippen molar-refractivity contribution < 1.29 is 9.59 Å². The number of carbonyl (C=O) groups excluding carboxylic acids is 2. The minimum atomic E-state index is -0.343. The summed E-state index contributed by atoms with van der Waals surface area (Å²) >= 11 is 6.37. The van der Waals surface area contributed by atoms with Crippen molar-refractivity contribution in [2.24, 2.45) is 0 Å². The molecule has 0 radical (unpaired) electrons. The molecule has 1 aromatic carbocycles. The van der Waals surface area contributed by atoms with Gasteiger partial charge in [-0.1, -0.05) is 30.9 Å². The Balaban J connectivity index is 1.75. The summed E-state index contributed by atoms with van der Waals surface area (Å²) in [4.78, 5) is 27.2. The summed E-state index contributed by atoms with van der Waals surface area (Å²) in [6, 6.07) is 5.43. The lowest BCUT2D eigenvalue weighted by Gasteiger charge is -2.38. The number of carbonyl (C=O) groups is 2. The van der Waals surface area contributed by atoms with Crippen LogP contribution in [0.1, 0.15) is 49.4 Å². The molecule has 128 valence electrons. The molecule has 1 heterocycles. The van der Waals surface area contributed by atoms with Crippen LogP contribution >= 0.6 is 11.6 Å². The molecule has 6 heteroatoms. The minimum absolute atomic E-state index is 0.0575. The smallest absolute Gasteiger partial charge is 0.252 e. The summed E-state index contributed by atoms with van der Waals surface area (Å²) in [6.45, 7) is 1.95. The molecule has 1 aliphatic carbocycles. The minimum Gasteiger partial charge on any atom is -0.361 e. The third kappa shape index (κ3) is 3.41. The number of amides is 2. The van der Waals surface area contributed by atoms with Gasteiger partial charge in [-0.2, -0.15) is 0 Å². The van der Waals surface area contributed by atoms with Crippen LogP contribution in [0.5, 0.6) is 0 Å². The van der Waals surface area contributed by atoms with E-state index < -0.39 is 0 Å². The molecule has 1 fully saturated rings. The van der Waals surface area contributed by atoms with Gasteiger partial charge in [-0.05, 0) is 31.0 Å². The number of benzene rings is 1. The van der Waals surface area contributed by atoms with Gasteiger partial charge < -0.3 is 15.6 Å². The van der Waals surface area contributed by atoms with Crippen LogP contribution < -0.4 is 10.6 Å². The van der Waals surface area contributed by atoms with Crippen molar-refractivity contribution >= 4 is 34.3 Å². The van der Waals surface area contributed by atoms with E-state index >= 15 is 0 Å². The molecule has 0 saturated heterocycles. The normalized spacial score (nSPS) is 16.8. The number of halogens is 1. The first kappa shape index (κ1) is 16.8. The Morgan fingerprint density at radius 2 is 1.96 bits per heavy atom. The second-order valence-corrected chi connectivity index (χ2v) is 6.95. The highest BCUT2D eigenvalue weighted by Gasteiger charge is 2.33. The van der Waals surface area contributed by atoms with Crippen LogP contribution in [0.25, 0.3) is 10.9 Å². The number of nitrogens with one attached hydrogen (secondary N) is 3. The summed E-state index contributed by atoms with van der Waals surface area (Å²) in [5.41, 5.74) is 1.01. The van der Waals surface area contributed by atoms with Gasteiger partial charge >= 0.3 is 0 Å². The maximum atomic E-state index is 12.6. The van der Waals surface area contributed by atoms with Crippen LogP contribution in [0, 0.1) is 0 Å². The molecule has 3 N–H and O–H groups in total. The number of fused-ring (bicyclic) bond motifs is 1. The lowest BCUT2D eigenvalue weighted by molar-refractivity contribution is -0.121. The van der Waals surface area contributed by atoms with Gasteiger partial charge in [0.25, 0.3) is 5.91 Å². The fourth-order valence-electron chi connectivity index (χ4n) is 3.56. The molecule has 24 heavy (non-hydrogen) atoms. The molecular formula is C18H22ClN3O2. The maximum absolute atomic E-state index is 12.6. The highest BCUT2D eigenvalue weighted by molar-refractivity contribution is 6.38. The van der Waals surface area contributed by atoms with Crippen molar-refractivity contribution in [3.05, 3.63) is 35.0 Å². The highest BCUT2D eigenvalue weighted by atomic mass is 35.5. The molecular weight excluding hydrogens is 326 g/mol. The first-order chi connectivity index (χ1) is 11.5. The molecule has 2 aromatic rings. The van der Waals surface area contributed by atoms with E-state index in [1.807, 2.05) is 12.1 Å². The van der Waals surface area contributed by atoms with Crippen molar-refractivity contribution in [1.29, 1.82) is 0 Å². The second-order valence-electron chi connectivity index (χ2n) is 6.57. The Kier molecular flexibility index (Phi) is 4.81. The van der Waals surface area contributed by atoms with Crippen LogP contribution in [-0.4, -0.2) is 28.9 Å². The van der Waals surface area contributed by atoms with Crippen molar-refractivity contribution in [1.82, 2.24) is 15.6 Å². The van der Waals surface area contributed by atoms with Crippen molar-refractivity contribution in [2.45, 2.75) is 44.6 Å². The zero-order chi connectivity index (χ0) is 17.2. The largest absolute Gasteiger partial charge is 0.361 e. The average molecular weight is 348 g/mol. The molecule has 1 aromatic heterocycles. The molecule has 1 aliphatic rings. The molecule has 3 rings (SSSR count). The SMILES string of the molecule is CC(=O)NC1(CNC(=O)c2ccc3[nH]ccc3c2Cl)CCCCC1. The number of hydrogen-bond donors (Lipinski definition) is 3. The van der Waals surface area contributed by atoms with Crippen molar-refractivity contribution in [3.8, 4) is 0 Å². The zero-order valence-electron chi connectivity index (χ0n) is 13.7. The van der Waals surface area contributed by atoms with Gasteiger partial charge in [0.1, 0.15) is 0 Å². The Morgan fingerprint density at radius 1 is 1.21 bits per heavy atom. The predicted octanol–water partition coefficient (Wildman–Crippen LogP) is 3.39. The van der Waals surface area contributed by atoms with E-state index in [2.05, 4.69) is 15.6 Å². The van der Waals surface area contributed by atoms with Crippen LogP contribution in [0.15, 0.2) is 24.4 Å². The first-order valence-electron chi connectivity index (χ1n) is 8.33. The Hall–Kier alpha value is -2.01. The molecule has 1 saturated carbocycles. The van der Waals surface area contributed by atoms with E-state index in [1.165, 1.54) is 13.3 Å². The van der Waals surface area contributed by atoms with Crippen LogP contribution in [-0.2, 0) is 4.79 Å². The maximum Gasteiger partial charge on any atom is 0.252 e.